The molecule has 3 rings (SSSR count). The second-order valence-electron chi connectivity index (χ2n) is 5.58. The van der Waals surface area contributed by atoms with Gasteiger partial charge >= 0.3 is 6.03 Å². The van der Waals surface area contributed by atoms with Crippen LogP contribution in [0.25, 0.3) is 6.08 Å². The zero-order valence-electron chi connectivity index (χ0n) is 13.2. The number of nitrogens with one attached hydrogen (secondary N) is 1. The maximum Gasteiger partial charge on any atom is 0.329 e. The molecular weight excluding hydrogens is 290 g/mol. The number of carbonyl (C=O) groups excluding carboxylic acids is 2. The van der Waals surface area contributed by atoms with Crippen LogP contribution in [-0.2, 0) is 17.9 Å². The first-order chi connectivity index (χ1) is 11.1. The van der Waals surface area contributed by atoms with Gasteiger partial charge in [0.15, 0.2) is 0 Å². The Morgan fingerprint density at radius 1 is 1.13 bits per heavy atom. The summed E-state index contributed by atoms with van der Waals surface area (Å²) in [6.45, 7) is 5.11. The van der Waals surface area contributed by atoms with Crippen molar-refractivity contribution in [2.24, 2.45) is 0 Å². The maximum atomic E-state index is 12.5. The van der Waals surface area contributed by atoms with E-state index in [1.54, 1.807) is 6.08 Å². The minimum Gasteiger partial charge on any atom is -0.348 e. The first-order valence-electron chi connectivity index (χ1n) is 7.63. The summed E-state index contributed by atoms with van der Waals surface area (Å²) in [5.41, 5.74) is 3.29. The van der Waals surface area contributed by atoms with Gasteiger partial charge in [0.05, 0.1) is 6.54 Å². The second-order valence-corrected chi connectivity index (χ2v) is 5.58. The summed E-state index contributed by atoms with van der Waals surface area (Å²) in [5, 5.41) is 2.66. The molecule has 1 aliphatic heterocycles. The molecule has 5 nitrogen and oxygen atoms in total. The van der Waals surface area contributed by atoms with Crippen molar-refractivity contribution < 1.29 is 9.59 Å². The molecule has 5 heteroatoms. The van der Waals surface area contributed by atoms with Crippen LogP contribution in [0, 0.1) is 6.92 Å². The standard InChI is InChI=1S/C18H19N3O2/c1-3-20-10-4-5-15(20)11-16-17(22)21(18(23)19-16)12-14-8-6-13(2)7-9-14/h4-11H,3,12H2,1-2H3,(H,19,23)/b16-11+. The predicted octanol–water partition coefficient (Wildman–Crippen LogP) is 2.91. The van der Waals surface area contributed by atoms with Gasteiger partial charge in [-0.25, -0.2) is 4.79 Å². The van der Waals surface area contributed by atoms with Crippen molar-refractivity contribution in [1.82, 2.24) is 14.8 Å². The lowest BCUT2D eigenvalue weighted by Gasteiger charge is -2.11. The Bertz CT molecular complexity index is 772. The summed E-state index contributed by atoms with van der Waals surface area (Å²) in [6.07, 6.45) is 3.66. The maximum absolute atomic E-state index is 12.5. The number of rotatable bonds is 4. The molecule has 0 spiro atoms. The summed E-state index contributed by atoms with van der Waals surface area (Å²) in [7, 11) is 0. The molecule has 0 radical (unpaired) electrons. The lowest BCUT2D eigenvalue weighted by molar-refractivity contribution is -0.123. The van der Waals surface area contributed by atoms with Crippen molar-refractivity contribution in [3.05, 3.63) is 65.1 Å². The molecule has 0 saturated carbocycles. The highest BCUT2D eigenvalue weighted by molar-refractivity contribution is 6.13. The summed E-state index contributed by atoms with van der Waals surface area (Å²) >= 11 is 0. The highest BCUT2D eigenvalue weighted by Crippen LogP contribution is 2.17. The number of aryl methyl sites for hydroxylation is 2. The third-order valence-electron chi connectivity index (χ3n) is 3.92. The number of hydrogen-bond acceptors (Lipinski definition) is 2. The SMILES string of the molecule is CCn1cccc1/C=C1/NC(=O)N(Cc2ccc(C)cc2)C1=O. The van der Waals surface area contributed by atoms with Crippen molar-refractivity contribution in [2.45, 2.75) is 26.9 Å². The van der Waals surface area contributed by atoms with E-state index in [1.807, 2.05) is 61.0 Å². The molecule has 1 aromatic heterocycles. The Morgan fingerprint density at radius 3 is 2.57 bits per heavy atom. The number of nitrogens with zero attached hydrogens (tertiary/aromatic N) is 2. The van der Waals surface area contributed by atoms with E-state index in [-0.39, 0.29) is 18.5 Å². The van der Waals surface area contributed by atoms with E-state index in [4.69, 9.17) is 0 Å². The normalized spacial score (nSPS) is 16.3. The van der Waals surface area contributed by atoms with Gasteiger partial charge in [0.1, 0.15) is 5.70 Å². The number of aromatic nitrogens is 1. The topological polar surface area (TPSA) is 54.3 Å². The second kappa shape index (κ2) is 6.12. The Kier molecular flexibility index (Phi) is 4.02. The van der Waals surface area contributed by atoms with Crippen LogP contribution >= 0.6 is 0 Å². The van der Waals surface area contributed by atoms with Crippen LogP contribution < -0.4 is 5.32 Å². The van der Waals surface area contributed by atoms with Crippen LogP contribution in [0.5, 0.6) is 0 Å². The lowest BCUT2D eigenvalue weighted by Crippen LogP contribution is -2.30. The molecule has 1 aliphatic rings. The van der Waals surface area contributed by atoms with E-state index in [0.717, 1.165) is 23.4 Å². The van der Waals surface area contributed by atoms with E-state index >= 15 is 0 Å². The molecule has 0 atom stereocenters. The fourth-order valence-electron chi connectivity index (χ4n) is 2.59. The van der Waals surface area contributed by atoms with Crippen LogP contribution in [0.4, 0.5) is 4.79 Å². The molecule has 1 aromatic carbocycles. The predicted molar refractivity (Wildman–Crippen MR) is 88.3 cm³/mol. The third-order valence-corrected chi connectivity index (χ3v) is 3.92. The summed E-state index contributed by atoms with van der Waals surface area (Å²) in [4.78, 5) is 25.8. The summed E-state index contributed by atoms with van der Waals surface area (Å²) < 4.78 is 2.01. The molecular formula is C18H19N3O2. The Hall–Kier alpha value is -2.82. The van der Waals surface area contributed by atoms with Gasteiger partial charge in [-0.1, -0.05) is 29.8 Å². The molecule has 1 saturated heterocycles. The fourth-order valence-corrected chi connectivity index (χ4v) is 2.59. The minimum absolute atomic E-state index is 0.275. The van der Waals surface area contributed by atoms with Gasteiger partial charge in [-0.05, 0) is 37.6 Å². The zero-order chi connectivity index (χ0) is 16.4. The molecule has 0 unspecified atom stereocenters. The van der Waals surface area contributed by atoms with Gasteiger partial charge in [0.25, 0.3) is 5.91 Å². The van der Waals surface area contributed by atoms with E-state index in [1.165, 1.54) is 4.90 Å². The van der Waals surface area contributed by atoms with Crippen molar-refractivity contribution in [3.63, 3.8) is 0 Å². The van der Waals surface area contributed by atoms with Gasteiger partial charge in [-0.2, -0.15) is 0 Å². The number of amides is 3. The van der Waals surface area contributed by atoms with Gasteiger partial charge < -0.3 is 9.88 Å². The van der Waals surface area contributed by atoms with Crippen molar-refractivity contribution in [3.8, 4) is 0 Å². The van der Waals surface area contributed by atoms with Crippen molar-refractivity contribution >= 4 is 18.0 Å². The molecule has 0 aliphatic carbocycles. The first-order valence-corrected chi connectivity index (χ1v) is 7.63. The zero-order valence-corrected chi connectivity index (χ0v) is 13.2. The Labute approximate surface area is 135 Å². The number of hydrogen-bond donors (Lipinski definition) is 1. The van der Waals surface area contributed by atoms with Gasteiger partial charge in [0, 0.05) is 18.4 Å². The van der Waals surface area contributed by atoms with Crippen LogP contribution in [0.15, 0.2) is 48.3 Å². The van der Waals surface area contributed by atoms with Gasteiger partial charge in [-0.15, -0.1) is 0 Å². The minimum atomic E-state index is -0.378. The Balaban J connectivity index is 1.81. The van der Waals surface area contributed by atoms with Crippen LogP contribution in [0.2, 0.25) is 0 Å². The molecule has 23 heavy (non-hydrogen) atoms. The van der Waals surface area contributed by atoms with Crippen molar-refractivity contribution in [1.29, 1.82) is 0 Å². The van der Waals surface area contributed by atoms with Crippen LogP contribution in [-0.4, -0.2) is 21.4 Å². The largest absolute Gasteiger partial charge is 0.348 e. The number of imide groups is 1. The number of urea groups is 1. The van der Waals surface area contributed by atoms with Crippen LogP contribution in [0.3, 0.4) is 0 Å². The molecule has 3 amide bonds. The number of benzene rings is 1. The monoisotopic (exact) mass is 309 g/mol. The first kappa shape index (κ1) is 15.1. The highest BCUT2D eigenvalue weighted by atomic mass is 16.2. The van der Waals surface area contributed by atoms with Gasteiger partial charge in [0.2, 0.25) is 0 Å². The Morgan fingerprint density at radius 2 is 1.87 bits per heavy atom. The molecule has 118 valence electrons. The highest BCUT2D eigenvalue weighted by Gasteiger charge is 2.33. The number of carbonyl (C=O) groups is 2. The molecule has 0 bridgehead atoms. The van der Waals surface area contributed by atoms with E-state index in [2.05, 4.69) is 5.32 Å². The summed E-state index contributed by atoms with van der Waals surface area (Å²) in [5.74, 6) is -0.292. The lowest BCUT2D eigenvalue weighted by atomic mass is 10.1. The quantitative estimate of drug-likeness (QED) is 0.697. The average Bonchev–Trinajstić information content (AvgIpc) is 3.09. The van der Waals surface area contributed by atoms with E-state index in [9.17, 15) is 9.59 Å². The molecule has 2 aromatic rings. The third kappa shape index (κ3) is 3.04. The smallest absolute Gasteiger partial charge is 0.329 e. The van der Waals surface area contributed by atoms with E-state index in [0.29, 0.717) is 5.70 Å². The molecule has 2 heterocycles. The molecule has 1 N–H and O–H groups in total. The van der Waals surface area contributed by atoms with Crippen LogP contribution in [0.1, 0.15) is 23.7 Å². The average molecular weight is 309 g/mol. The summed E-state index contributed by atoms with van der Waals surface area (Å²) in [6, 6.07) is 11.3. The fraction of sp³-hybridized carbons (Fsp3) is 0.222. The molecule has 1 fully saturated rings. The van der Waals surface area contributed by atoms with Gasteiger partial charge in [-0.3, -0.25) is 9.69 Å². The van der Waals surface area contributed by atoms with Crippen molar-refractivity contribution in [2.75, 3.05) is 0 Å². The van der Waals surface area contributed by atoms with E-state index < -0.39 is 0 Å².